The van der Waals surface area contributed by atoms with E-state index in [9.17, 15) is 0 Å². The maximum Gasteiger partial charge on any atom is 0.192 e. The second-order valence-electron chi connectivity index (χ2n) is 8.37. The van der Waals surface area contributed by atoms with E-state index >= 15 is 0 Å². The third-order valence-electron chi connectivity index (χ3n) is 5.08. The summed E-state index contributed by atoms with van der Waals surface area (Å²) in [6.45, 7) is 22.2. The SMILES string of the molecule is C/C=C(\C)[C@@H](O[Si](C)(C)C(C)(C)C)[C@@H](C)[C@@H](N)CC=C(C)C. The van der Waals surface area contributed by atoms with Crippen LogP contribution in [0.5, 0.6) is 0 Å². The number of nitrogens with two attached hydrogens (primary N) is 1. The lowest BCUT2D eigenvalue weighted by Gasteiger charge is -2.42. The normalized spacial score (nSPS) is 17.9. The highest BCUT2D eigenvalue weighted by Gasteiger charge is 2.41. The summed E-state index contributed by atoms with van der Waals surface area (Å²) in [5.74, 6) is 0.306. The molecule has 0 spiro atoms. The summed E-state index contributed by atoms with van der Waals surface area (Å²) >= 11 is 0. The highest BCUT2D eigenvalue weighted by Crippen LogP contribution is 2.39. The molecule has 0 amide bonds. The molecule has 0 bridgehead atoms. The molecule has 0 saturated heterocycles. The van der Waals surface area contributed by atoms with Crippen LogP contribution in [0.25, 0.3) is 0 Å². The van der Waals surface area contributed by atoms with Crippen LogP contribution in [-0.4, -0.2) is 20.5 Å². The Morgan fingerprint density at radius 3 is 2.05 bits per heavy atom. The number of rotatable bonds is 7. The maximum atomic E-state index is 6.71. The molecule has 0 fully saturated rings. The van der Waals surface area contributed by atoms with Crippen molar-refractivity contribution in [2.24, 2.45) is 11.7 Å². The molecule has 0 aromatic rings. The second kappa shape index (κ2) is 8.46. The first kappa shape index (κ1) is 21.6. The minimum atomic E-state index is -1.81. The predicted molar refractivity (Wildman–Crippen MR) is 103 cm³/mol. The fourth-order valence-electron chi connectivity index (χ4n) is 2.08. The standard InChI is InChI=1S/C19H39NOSi/c1-11-15(4)18(21-22(9,10)19(6,7)8)16(5)17(20)13-12-14(2)3/h11-12,16-18H,13,20H2,1-10H3/b15-11+/t16-,17-,18+/m0/s1. The molecule has 22 heavy (non-hydrogen) atoms. The molecule has 0 aliphatic heterocycles. The van der Waals surface area contributed by atoms with Crippen LogP contribution in [0.4, 0.5) is 0 Å². The van der Waals surface area contributed by atoms with E-state index in [1.54, 1.807) is 0 Å². The topological polar surface area (TPSA) is 35.2 Å². The summed E-state index contributed by atoms with van der Waals surface area (Å²) in [6.07, 6.45) is 5.43. The fourth-order valence-corrected chi connectivity index (χ4v) is 3.47. The van der Waals surface area contributed by atoms with E-state index in [2.05, 4.69) is 80.6 Å². The molecule has 3 atom stereocenters. The van der Waals surface area contributed by atoms with Crippen molar-refractivity contribution in [1.82, 2.24) is 0 Å². The molecule has 0 unspecified atom stereocenters. The summed E-state index contributed by atoms with van der Waals surface area (Å²) in [5, 5.41) is 0.211. The van der Waals surface area contributed by atoms with E-state index in [-0.39, 0.29) is 17.2 Å². The number of hydrogen-bond acceptors (Lipinski definition) is 2. The van der Waals surface area contributed by atoms with Gasteiger partial charge in [-0.15, -0.1) is 0 Å². The molecule has 0 radical (unpaired) electrons. The van der Waals surface area contributed by atoms with Crippen molar-refractivity contribution in [2.75, 3.05) is 0 Å². The van der Waals surface area contributed by atoms with E-state index in [1.807, 2.05) is 0 Å². The van der Waals surface area contributed by atoms with Gasteiger partial charge in [-0.05, 0) is 57.8 Å². The smallest absolute Gasteiger partial charge is 0.192 e. The van der Waals surface area contributed by atoms with E-state index in [0.717, 1.165) is 6.42 Å². The Hall–Kier alpha value is -0.383. The Bertz CT molecular complexity index is 400. The molecular formula is C19H39NOSi. The molecule has 0 aliphatic carbocycles. The van der Waals surface area contributed by atoms with E-state index < -0.39 is 8.32 Å². The lowest BCUT2D eigenvalue weighted by atomic mass is 9.89. The highest BCUT2D eigenvalue weighted by molar-refractivity contribution is 6.74. The molecule has 0 aliphatic rings. The second-order valence-corrected chi connectivity index (χ2v) is 13.1. The van der Waals surface area contributed by atoms with Gasteiger partial charge in [0.05, 0.1) is 6.10 Å². The minimum absolute atomic E-state index is 0.117. The zero-order chi connectivity index (χ0) is 17.7. The first-order chi connectivity index (χ1) is 9.83. The first-order valence-electron chi connectivity index (χ1n) is 8.53. The average Bonchev–Trinajstić information content (AvgIpc) is 2.39. The van der Waals surface area contributed by atoms with Crippen molar-refractivity contribution in [3.63, 3.8) is 0 Å². The Kier molecular flexibility index (Phi) is 8.32. The predicted octanol–water partition coefficient (Wildman–Crippen LogP) is 5.66. The summed E-state index contributed by atoms with van der Waals surface area (Å²) in [5.41, 5.74) is 9.07. The Labute approximate surface area is 140 Å². The van der Waals surface area contributed by atoms with Crippen molar-refractivity contribution >= 4 is 8.32 Å². The minimum Gasteiger partial charge on any atom is -0.410 e. The zero-order valence-electron chi connectivity index (χ0n) is 16.6. The third kappa shape index (κ3) is 6.39. The average molecular weight is 326 g/mol. The Morgan fingerprint density at radius 2 is 1.68 bits per heavy atom. The van der Waals surface area contributed by atoms with E-state index in [1.165, 1.54) is 11.1 Å². The van der Waals surface area contributed by atoms with Crippen molar-refractivity contribution in [3.8, 4) is 0 Å². The van der Waals surface area contributed by atoms with Gasteiger partial charge in [-0.25, -0.2) is 0 Å². The monoisotopic (exact) mass is 325 g/mol. The first-order valence-corrected chi connectivity index (χ1v) is 11.4. The molecule has 0 saturated carbocycles. The van der Waals surface area contributed by atoms with Crippen LogP contribution in [0.1, 0.15) is 61.8 Å². The zero-order valence-corrected chi connectivity index (χ0v) is 17.6. The van der Waals surface area contributed by atoms with Crippen LogP contribution in [0, 0.1) is 5.92 Å². The van der Waals surface area contributed by atoms with Gasteiger partial charge in [0.2, 0.25) is 0 Å². The lowest BCUT2D eigenvalue weighted by Crippen LogP contribution is -2.48. The molecule has 2 N–H and O–H groups in total. The molecule has 0 rings (SSSR count). The molecule has 0 heterocycles. The van der Waals surface area contributed by atoms with E-state index in [4.69, 9.17) is 10.2 Å². The summed E-state index contributed by atoms with van der Waals surface area (Å²) < 4.78 is 6.71. The van der Waals surface area contributed by atoms with Gasteiger partial charge in [-0.2, -0.15) is 0 Å². The summed E-state index contributed by atoms with van der Waals surface area (Å²) in [7, 11) is -1.81. The molecule has 3 heteroatoms. The molecule has 0 aromatic heterocycles. The molecule has 0 aromatic carbocycles. The van der Waals surface area contributed by atoms with E-state index in [0.29, 0.717) is 5.92 Å². The van der Waals surface area contributed by atoms with Gasteiger partial charge in [0.1, 0.15) is 0 Å². The summed E-state index contributed by atoms with van der Waals surface area (Å²) in [4.78, 5) is 0. The van der Waals surface area contributed by atoms with Crippen molar-refractivity contribution in [2.45, 2.75) is 92.1 Å². The van der Waals surface area contributed by atoms with Crippen LogP contribution in [0.2, 0.25) is 18.1 Å². The Balaban J connectivity index is 5.27. The van der Waals surface area contributed by atoms with Gasteiger partial charge in [-0.3, -0.25) is 0 Å². The van der Waals surface area contributed by atoms with Gasteiger partial charge in [0.15, 0.2) is 8.32 Å². The van der Waals surface area contributed by atoms with Gasteiger partial charge in [0.25, 0.3) is 0 Å². The molecule has 130 valence electrons. The summed E-state index contributed by atoms with van der Waals surface area (Å²) in [6, 6.07) is 0.125. The lowest BCUT2D eigenvalue weighted by molar-refractivity contribution is 0.142. The van der Waals surface area contributed by atoms with Crippen LogP contribution in [-0.2, 0) is 4.43 Å². The van der Waals surface area contributed by atoms with Gasteiger partial charge < -0.3 is 10.2 Å². The van der Waals surface area contributed by atoms with Crippen LogP contribution in [0.3, 0.4) is 0 Å². The van der Waals surface area contributed by atoms with Crippen LogP contribution >= 0.6 is 0 Å². The highest BCUT2D eigenvalue weighted by atomic mass is 28.4. The maximum absolute atomic E-state index is 6.71. The van der Waals surface area contributed by atoms with Gasteiger partial charge in [-0.1, -0.05) is 45.4 Å². The third-order valence-corrected chi connectivity index (χ3v) is 9.54. The fraction of sp³-hybridized carbons (Fsp3) is 0.789. The largest absolute Gasteiger partial charge is 0.410 e. The Morgan fingerprint density at radius 1 is 1.18 bits per heavy atom. The van der Waals surface area contributed by atoms with Gasteiger partial charge in [0, 0.05) is 12.0 Å². The van der Waals surface area contributed by atoms with Crippen molar-refractivity contribution in [1.29, 1.82) is 0 Å². The number of hydrogen-bond donors (Lipinski definition) is 1. The van der Waals surface area contributed by atoms with Crippen molar-refractivity contribution in [3.05, 3.63) is 23.3 Å². The molecule has 2 nitrogen and oxygen atoms in total. The van der Waals surface area contributed by atoms with Gasteiger partial charge >= 0.3 is 0 Å². The van der Waals surface area contributed by atoms with Crippen LogP contribution < -0.4 is 5.73 Å². The van der Waals surface area contributed by atoms with Crippen LogP contribution in [0.15, 0.2) is 23.3 Å². The number of allylic oxidation sites excluding steroid dienone is 2. The van der Waals surface area contributed by atoms with Crippen molar-refractivity contribution < 1.29 is 4.43 Å². The quantitative estimate of drug-likeness (QED) is 0.484. The molecular weight excluding hydrogens is 286 g/mol.